The average Bonchev–Trinajstić information content (AvgIpc) is 2.80. The van der Waals surface area contributed by atoms with Crippen LogP contribution in [-0.2, 0) is 22.3 Å². The Morgan fingerprint density at radius 2 is 1.76 bits per heavy atom. The largest absolute Gasteiger partial charge is 0.416 e. The lowest BCUT2D eigenvalue weighted by Crippen LogP contribution is -2.70. The van der Waals surface area contributed by atoms with Gasteiger partial charge in [-0.2, -0.15) is 13.2 Å². The van der Waals surface area contributed by atoms with Crippen molar-refractivity contribution in [1.82, 2.24) is 15.1 Å². The number of hydrogen-bond acceptors (Lipinski definition) is 4. The van der Waals surface area contributed by atoms with Crippen LogP contribution in [0.4, 0.5) is 23.7 Å². The number of carbonyl (C=O) groups is 3. The lowest BCUT2D eigenvalue weighted by atomic mass is 9.93. The van der Waals surface area contributed by atoms with E-state index in [1.54, 1.807) is 0 Å². The normalized spacial score (nSPS) is 21.1. The van der Waals surface area contributed by atoms with Crippen molar-refractivity contribution in [2.75, 3.05) is 18.4 Å². The van der Waals surface area contributed by atoms with Gasteiger partial charge in [0, 0.05) is 5.69 Å². The lowest BCUT2D eigenvalue weighted by Gasteiger charge is -2.46. The SMILES string of the molecule is O=C(CN1C(=O)N(Cc2ccccc2)C(=O)C2NCCCC21)Nc1ccc(C(F)(F)F)cc1. The summed E-state index contributed by atoms with van der Waals surface area (Å²) in [5.74, 6) is -0.880. The van der Waals surface area contributed by atoms with Crippen LogP contribution < -0.4 is 10.6 Å². The molecule has 174 valence electrons. The van der Waals surface area contributed by atoms with Gasteiger partial charge in [0.2, 0.25) is 11.8 Å². The van der Waals surface area contributed by atoms with E-state index in [9.17, 15) is 27.6 Å². The van der Waals surface area contributed by atoms with Crippen molar-refractivity contribution in [2.45, 2.75) is 37.6 Å². The van der Waals surface area contributed by atoms with Gasteiger partial charge in [0.15, 0.2) is 0 Å². The van der Waals surface area contributed by atoms with Crippen LogP contribution in [-0.4, -0.2) is 52.8 Å². The molecule has 4 rings (SSSR count). The van der Waals surface area contributed by atoms with Crippen molar-refractivity contribution in [2.24, 2.45) is 0 Å². The molecule has 7 nitrogen and oxygen atoms in total. The number of urea groups is 1. The van der Waals surface area contributed by atoms with Gasteiger partial charge in [-0.25, -0.2) is 4.79 Å². The first kappa shape index (κ1) is 22.8. The lowest BCUT2D eigenvalue weighted by molar-refractivity contribution is -0.139. The van der Waals surface area contributed by atoms with Crippen LogP contribution in [0.2, 0.25) is 0 Å². The van der Waals surface area contributed by atoms with E-state index in [2.05, 4.69) is 10.6 Å². The second-order valence-corrected chi connectivity index (χ2v) is 8.09. The second-order valence-electron chi connectivity index (χ2n) is 8.09. The minimum absolute atomic E-state index is 0.0838. The number of halogens is 3. The van der Waals surface area contributed by atoms with Gasteiger partial charge in [-0.3, -0.25) is 14.5 Å². The number of piperidine rings is 1. The van der Waals surface area contributed by atoms with Gasteiger partial charge < -0.3 is 15.5 Å². The van der Waals surface area contributed by atoms with E-state index >= 15 is 0 Å². The van der Waals surface area contributed by atoms with Gasteiger partial charge in [0.25, 0.3) is 0 Å². The molecular formula is C23H23F3N4O3. The number of fused-ring (bicyclic) bond motifs is 1. The Morgan fingerprint density at radius 3 is 2.42 bits per heavy atom. The molecule has 0 aliphatic carbocycles. The van der Waals surface area contributed by atoms with Gasteiger partial charge in [-0.05, 0) is 49.2 Å². The number of nitrogens with zero attached hydrogens (tertiary/aromatic N) is 2. The first-order valence-corrected chi connectivity index (χ1v) is 10.6. The molecule has 0 saturated carbocycles. The summed E-state index contributed by atoms with van der Waals surface area (Å²) in [5.41, 5.74) is 0.147. The van der Waals surface area contributed by atoms with Crippen molar-refractivity contribution in [3.63, 3.8) is 0 Å². The molecule has 0 aromatic heterocycles. The smallest absolute Gasteiger partial charge is 0.325 e. The standard InChI is InChI=1S/C23H23F3N4O3/c24-23(25,26)16-8-10-17(11-9-16)28-19(31)14-29-18-7-4-12-27-20(18)21(32)30(22(29)33)13-15-5-2-1-3-6-15/h1-3,5-6,8-11,18,20,27H,4,7,12-14H2,(H,28,31). The molecule has 2 fully saturated rings. The molecule has 2 heterocycles. The third kappa shape index (κ3) is 5.00. The number of alkyl halides is 3. The van der Waals surface area contributed by atoms with E-state index in [0.717, 1.165) is 41.1 Å². The fraction of sp³-hybridized carbons (Fsp3) is 0.348. The van der Waals surface area contributed by atoms with E-state index in [1.807, 2.05) is 30.3 Å². The van der Waals surface area contributed by atoms with Crippen molar-refractivity contribution in [3.05, 3.63) is 65.7 Å². The highest BCUT2D eigenvalue weighted by molar-refractivity contribution is 6.02. The summed E-state index contributed by atoms with van der Waals surface area (Å²) in [6.07, 6.45) is -3.15. The Hall–Kier alpha value is -3.40. The molecule has 0 radical (unpaired) electrons. The molecule has 4 amide bonds. The number of rotatable bonds is 5. The fourth-order valence-electron chi connectivity index (χ4n) is 4.21. The summed E-state index contributed by atoms with van der Waals surface area (Å²) in [6, 6.07) is 11.5. The molecule has 10 heteroatoms. The molecule has 2 aromatic carbocycles. The third-order valence-electron chi connectivity index (χ3n) is 5.83. The highest BCUT2D eigenvalue weighted by Gasteiger charge is 2.47. The number of amides is 4. The summed E-state index contributed by atoms with van der Waals surface area (Å²) in [6.45, 7) is 0.396. The first-order chi connectivity index (χ1) is 15.7. The van der Waals surface area contributed by atoms with E-state index in [1.165, 1.54) is 4.90 Å². The Morgan fingerprint density at radius 1 is 1.06 bits per heavy atom. The molecule has 0 spiro atoms. The summed E-state index contributed by atoms with van der Waals surface area (Å²) < 4.78 is 38.2. The summed E-state index contributed by atoms with van der Waals surface area (Å²) in [5, 5.41) is 5.69. The predicted molar refractivity (Wildman–Crippen MR) is 114 cm³/mol. The molecule has 2 saturated heterocycles. The van der Waals surface area contributed by atoms with E-state index in [4.69, 9.17) is 0 Å². The average molecular weight is 460 g/mol. The minimum Gasteiger partial charge on any atom is -0.325 e. The van der Waals surface area contributed by atoms with Crippen LogP contribution in [0.5, 0.6) is 0 Å². The maximum atomic E-state index is 13.2. The molecule has 2 N–H and O–H groups in total. The third-order valence-corrected chi connectivity index (χ3v) is 5.83. The van der Waals surface area contributed by atoms with E-state index in [-0.39, 0.29) is 24.7 Å². The predicted octanol–water partition coefficient (Wildman–Crippen LogP) is 3.23. The van der Waals surface area contributed by atoms with Crippen LogP contribution in [0.1, 0.15) is 24.0 Å². The maximum Gasteiger partial charge on any atom is 0.416 e. The van der Waals surface area contributed by atoms with Gasteiger partial charge in [-0.15, -0.1) is 0 Å². The maximum absolute atomic E-state index is 13.2. The molecule has 2 aromatic rings. The number of benzene rings is 2. The van der Waals surface area contributed by atoms with Crippen LogP contribution in [0, 0.1) is 0 Å². The Bertz CT molecular complexity index is 1030. The second kappa shape index (κ2) is 9.22. The Kier molecular flexibility index (Phi) is 6.37. The first-order valence-electron chi connectivity index (χ1n) is 10.6. The molecule has 2 aliphatic heterocycles. The highest BCUT2D eigenvalue weighted by Crippen LogP contribution is 2.30. The number of nitrogens with one attached hydrogen (secondary N) is 2. The van der Waals surface area contributed by atoms with Gasteiger partial charge in [0.05, 0.1) is 18.2 Å². The summed E-state index contributed by atoms with van der Waals surface area (Å²) in [7, 11) is 0. The van der Waals surface area contributed by atoms with Gasteiger partial charge >= 0.3 is 12.2 Å². The van der Waals surface area contributed by atoms with Crippen LogP contribution >= 0.6 is 0 Å². The van der Waals surface area contributed by atoms with E-state index in [0.29, 0.717) is 13.0 Å². The van der Waals surface area contributed by atoms with Crippen molar-refractivity contribution in [1.29, 1.82) is 0 Å². The van der Waals surface area contributed by atoms with Crippen LogP contribution in [0.3, 0.4) is 0 Å². The topological polar surface area (TPSA) is 81.8 Å². The quantitative estimate of drug-likeness (QED) is 0.718. The Labute approximate surface area is 188 Å². The van der Waals surface area contributed by atoms with Crippen molar-refractivity contribution in [3.8, 4) is 0 Å². The molecule has 2 unspecified atom stereocenters. The number of carbonyl (C=O) groups excluding carboxylic acids is 3. The fourth-order valence-corrected chi connectivity index (χ4v) is 4.21. The molecular weight excluding hydrogens is 437 g/mol. The summed E-state index contributed by atoms with van der Waals surface area (Å²) >= 11 is 0. The van der Waals surface area contributed by atoms with Gasteiger partial charge in [-0.1, -0.05) is 30.3 Å². The molecule has 2 atom stereocenters. The number of hydrogen-bond donors (Lipinski definition) is 2. The van der Waals surface area contributed by atoms with Crippen molar-refractivity contribution >= 4 is 23.5 Å². The zero-order chi connectivity index (χ0) is 23.6. The Balaban J connectivity index is 1.50. The molecule has 33 heavy (non-hydrogen) atoms. The van der Waals surface area contributed by atoms with Crippen LogP contribution in [0.25, 0.3) is 0 Å². The van der Waals surface area contributed by atoms with Crippen LogP contribution in [0.15, 0.2) is 54.6 Å². The minimum atomic E-state index is -4.47. The molecule has 2 aliphatic rings. The van der Waals surface area contributed by atoms with Gasteiger partial charge in [0.1, 0.15) is 12.6 Å². The summed E-state index contributed by atoms with van der Waals surface area (Å²) in [4.78, 5) is 41.5. The number of imide groups is 1. The zero-order valence-electron chi connectivity index (χ0n) is 17.6. The zero-order valence-corrected chi connectivity index (χ0v) is 17.6. The molecule has 0 bridgehead atoms. The number of anilines is 1. The van der Waals surface area contributed by atoms with Crippen molar-refractivity contribution < 1.29 is 27.6 Å². The highest BCUT2D eigenvalue weighted by atomic mass is 19.4. The monoisotopic (exact) mass is 460 g/mol. The van der Waals surface area contributed by atoms with E-state index < -0.39 is 35.8 Å².